The first-order valence-corrected chi connectivity index (χ1v) is 8.37. The predicted molar refractivity (Wildman–Crippen MR) is 90.1 cm³/mol. The molecule has 2 aromatic rings. The summed E-state index contributed by atoms with van der Waals surface area (Å²) in [6.45, 7) is 4.42. The minimum atomic E-state index is 0.266. The van der Waals surface area contributed by atoms with E-state index in [0.29, 0.717) is 0 Å². The maximum absolute atomic E-state index is 3.86. The molecule has 0 aliphatic heterocycles. The fourth-order valence-corrected chi connectivity index (χ4v) is 3.23. The summed E-state index contributed by atoms with van der Waals surface area (Å²) in [5.74, 6) is 0. The van der Waals surface area contributed by atoms with Crippen LogP contribution in [0.15, 0.2) is 46.9 Å². The van der Waals surface area contributed by atoms with Crippen molar-refractivity contribution in [1.82, 2.24) is 0 Å². The molecule has 0 amide bonds. The van der Waals surface area contributed by atoms with Crippen LogP contribution in [0.3, 0.4) is 0 Å². The van der Waals surface area contributed by atoms with Gasteiger partial charge in [0.25, 0.3) is 0 Å². The van der Waals surface area contributed by atoms with E-state index in [1.807, 2.05) is 0 Å². The van der Waals surface area contributed by atoms with Gasteiger partial charge in [0.1, 0.15) is 0 Å². The van der Waals surface area contributed by atoms with Gasteiger partial charge in [-0.05, 0) is 47.2 Å². The van der Waals surface area contributed by atoms with Gasteiger partial charge >= 0.3 is 0 Å². The molecule has 2 aromatic carbocycles. The van der Waals surface area contributed by atoms with Crippen LogP contribution in [0.4, 0.5) is 0 Å². The highest BCUT2D eigenvalue weighted by Crippen LogP contribution is 2.34. The lowest BCUT2D eigenvalue weighted by Gasteiger charge is -2.16. The molecule has 0 aliphatic carbocycles. The van der Waals surface area contributed by atoms with Gasteiger partial charge in [0.2, 0.25) is 0 Å². The molecule has 0 N–H and O–H groups in total. The van der Waals surface area contributed by atoms with Crippen molar-refractivity contribution in [2.75, 3.05) is 0 Å². The van der Waals surface area contributed by atoms with Crippen molar-refractivity contribution >= 4 is 31.9 Å². The predicted octanol–water partition coefficient (Wildman–Crippen LogP) is 6.06. The van der Waals surface area contributed by atoms with Crippen molar-refractivity contribution < 1.29 is 0 Å². The van der Waals surface area contributed by atoms with E-state index in [0.717, 1.165) is 17.3 Å². The molecular weight excluding hydrogens is 364 g/mol. The molecule has 19 heavy (non-hydrogen) atoms. The molecule has 100 valence electrons. The fourth-order valence-electron chi connectivity index (χ4n) is 2.23. The van der Waals surface area contributed by atoms with Crippen LogP contribution in [0, 0.1) is 0 Å². The van der Waals surface area contributed by atoms with E-state index < -0.39 is 0 Å². The molecule has 2 rings (SSSR count). The normalized spacial score (nSPS) is 12.4. The van der Waals surface area contributed by atoms with E-state index in [9.17, 15) is 0 Å². The standard InChI is InChI=1S/C17H18Br2/c1-3-12-5-6-13(4-2)16(11-12)17(19)14-7-9-15(18)10-8-14/h5-11,17H,3-4H2,1-2H3. The lowest BCUT2D eigenvalue weighted by Crippen LogP contribution is -1.99. The molecule has 0 aromatic heterocycles. The van der Waals surface area contributed by atoms with Gasteiger partial charge in [0.15, 0.2) is 0 Å². The fraction of sp³-hybridized carbons (Fsp3) is 0.294. The van der Waals surface area contributed by atoms with E-state index >= 15 is 0 Å². The van der Waals surface area contributed by atoms with E-state index in [1.165, 1.54) is 22.3 Å². The third-order valence-corrected chi connectivity index (χ3v) is 4.99. The molecule has 1 unspecified atom stereocenters. The summed E-state index contributed by atoms with van der Waals surface area (Å²) in [4.78, 5) is 0.266. The molecule has 2 heteroatoms. The summed E-state index contributed by atoms with van der Waals surface area (Å²) in [5, 5.41) is 0. The number of benzene rings is 2. The molecule has 0 saturated heterocycles. The van der Waals surface area contributed by atoms with Crippen LogP contribution in [-0.4, -0.2) is 0 Å². The zero-order valence-corrected chi connectivity index (χ0v) is 14.5. The second-order valence-electron chi connectivity index (χ2n) is 4.65. The second-order valence-corrected chi connectivity index (χ2v) is 6.49. The number of aryl methyl sites for hydroxylation is 2. The molecule has 0 aliphatic rings. The summed E-state index contributed by atoms with van der Waals surface area (Å²) in [7, 11) is 0. The first-order chi connectivity index (χ1) is 9.15. The first-order valence-electron chi connectivity index (χ1n) is 6.67. The van der Waals surface area contributed by atoms with Crippen LogP contribution < -0.4 is 0 Å². The van der Waals surface area contributed by atoms with Crippen molar-refractivity contribution in [2.24, 2.45) is 0 Å². The molecule has 0 bridgehead atoms. The van der Waals surface area contributed by atoms with Gasteiger partial charge in [-0.2, -0.15) is 0 Å². The van der Waals surface area contributed by atoms with Crippen LogP contribution in [0.5, 0.6) is 0 Å². The Hall–Kier alpha value is -0.600. The van der Waals surface area contributed by atoms with Crippen LogP contribution >= 0.6 is 31.9 Å². The Bertz CT molecular complexity index is 544. The SMILES string of the molecule is CCc1ccc(CC)c(C(Br)c2ccc(Br)cc2)c1. The number of rotatable bonds is 4. The van der Waals surface area contributed by atoms with Gasteiger partial charge in [0, 0.05) is 4.47 Å². The molecule has 0 fully saturated rings. The number of hydrogen-bond donors (Lipinski definition) is 0. The number of alkyl halides is 1. The smallest absolute Gasteiger partial charge is 0.0647 e. The van der Waals surface area contributed by atoms with Crippen molar-refractivity contribution in [1.29, 1.82) is 0 Å². The third kappa shape index (κ3) is 3.49. The molecule has 0 nitrogen and oxygen atoms in total. The summed E-state index contributed by atoms with van der Waals surface area (Å²) < 4.78 is 1.12. The Morgan fingerprint density at radius 1 is 0.947 bits per heavy atom. The second kappa shape index (κ2) is 6.71. The molecular formula is C17H18Br2. The van der Waals surface area contributed by atoms with Gasteiger partial charge in [-0.3, -0.25) is 0 Å². The first kappa shape index (κ1) is 14.8. The highest BCUT2D eigenvalue weighted by Gasteiger charge is 2.14. The van der Waals surface area contributed by atoms with Gasteiger partial charge < -0.3 is 0 Å². The van der Waals surface area contributed by atoms with Crippen molar-refractivity contribution in [3.63, 3.8) is 0 Å². The maximum Gasteiger partial charge on any atom is 0.0647 e. The Morgan fingerprint density at radius 3 is 2.21 bits per heavy atom. The Labute approximate surface area is 132 Å². The minimum absolute atomic E-state index is 0.266. The largest absolute Gasteiger partial charge is 0.0786 e. The highest BCUT2D eigenvalue weighted by molar-refractivity contribution is 9.10. The maximum atomic E-state index is 3.86. The average Bonchev–Trinajstić information content (AvgIpc) is 2.46. The number of halogens is 2. The lowest BCUT2D eigenvalue weighted by atomic mass is 9.95. The molecule has 0 spiro atoms. The van der Waals surface area contributed by atoms with Gasteiger partial charge in [-0.15, -0.1) is 0 Å². The molecule has 0 radical (unpaired) electrons. The zero-order valence-electron chi connectivity index (χ0n) is 11.3. The Morgan fingerprint density at radius 2 is 1.63 bits per heavy atom. The van der Waals surface area contributed by atoms with Gasteiger partial charge in [-0.25, -0.2) is 0 Å². The molecule has 0 saturated carbocycles. The minimum Gasteiger partial charge on any atom is -0.0786 e. The molecule has 0 heterocycles. The summed E-state index contributed by atoms with van der Waals surface area (Å²) in [5.41, 5.74) is 5.51. The van der Waals surface area contributed by atoms with Crippen molar-refractivity contribution in [2.45, 2.75) is 31.5 Å². The van der Waals surface area contributed by atoms with Crippen molar-refractivity contribution in [3.05, 3.63) is 69.2 Å². The Balaban J connectivity index is 2.41. The quantitative estimate of drug-likeness (QED) is 0.564. The monoisotopic (exact) mass is 380 g/mol. The molecule has 1 atom stereocenters. The van der Waals surface area contributed by atoms with Crippen LogP contribution in [-0.2, 0) is 12.8 Å². The summed E-state index contributed by atoms with van der Waals surface area (Å²) in [6, 6.07) is 15.4. The van der Waals surface area contributed by atoms with Crippen LogP contribution in [0.1, 0.15) is 40.9 Å². The lowest BCUT2D eigenvalue weighted by molar-refractivity contribution is 1.03. The van der Waals surface area contributed by atoms with Crippen LogP contribution in [0.25, 0.3) is 0 Å². The van der Waals surface area contributed by atoms with Crippen LogP contribution in [0.2, 0.25) is 0 Å². The number of hydrogen-bond acceptors (Lipinski definition) is 0. The van der Waals surface area contributed by atoms with Gasteiger partial charge in [-0.1, -0.05) is 76.0 Å². The Kier molecular flexibility index (Phi) is 5.23. The third-order valence-electron chi connectivity index (χ3n) is 3.44. The van der Waals surface area contributed by atoms with E-state index in [-0.39, 0.29) is 4.83 Å². The van der Waals surface area contributed by atoms with E-state index in [1.54, 1.807) is 0 Å². The van der Waals surface area contributed by atoms with E-state index in [4.69, 9.17) is 0 Å². The zero-order chi connectivity index (χ0) is 13.8. The topological polar surface area (TPSA) is 0 Å². The highest BCUT2D eigenvalue weighted by atomic mass is 79.9. The average molecular weight is 382 g/mol. The van der Waals surface area contributed by atoms with E-state index in [2.05, 4.69) is 88.2 Å². The van der Waals surface area contributed by atoms with Gasteiger partial charge in [0.05, 0.1) is 4.83 Å². The summed E-state index contributed by atoms with van der Waals surface area (Å²) in [6.07, 6.45) is 2.15. The summed E-state index contributed by atoms with van der Waals surface area (Å²) >= 11 is 7.34. The van der Waals surface area contributed by atoms with Crippen molar-refractivity contribution in [3.8, 4) is 0 Å².